The lowest BCUT2D eigenvalue weighted by Gasteiger charge is -2.16. The Hall–Kier alpha value is -1.65. The third kappa shape index (κ3) is 4.18. The summed E-state index contributed by atoms with van der Waals surface area (Å²) >= 11 is 11.7. The molecule has 4 nitrogen and oxygen atoms in total. The zero-order valence-electron chi connectivity index (χ0n) is 10.8. The number of furan rings is 1. The van der Waals surface area contributed by atoms with Gasteiger partial charge in [0.15, 0.2) is 6.61 Å². The quantitative estimate of drug-likeness (QED) is 0.846. The van der Waals surface area contributed by atoms with Crippen molar-refractivity contribution in [3.05, 3.63) is 52.4 Å². The summed E-state index contributed by atoms with van der Waals surface area (Å²) in [6, 6.07) is 8.39. The molecule has 1 aromatic carbocycles. The van der Waals surface area contributed by atoms with Crippen molar-refractivity contribution in [2.24, 2.45) is 0 Å². The second-order valence-electron chi connectivity index (χ2n) is 4.22. The van der Waals surface area contributed by atoms with Crippen LogP contribution in [0.2, 0.25) is 10.0 Å². The van der Waals surface area contributed by atoms with E-state index in [-0.39, 0.29) is 12.5 Å². The molecule has 2 aromatic rings. The van der Waals surface area contributed by atoms with E-state index in [1.807, 2.05) is 0 Å². The van der Waals surface area contributed by atoms with Crippen LogP contribution in [0.4, 0.5) is 0 Å². The van der Waals surface area contributed by atoms with Crippen LogP contribution < -0.4 is 4.74 Å². The highest BCUT2D eigenvalue weighted by Gasteiger charge is 2.11. The maximum absolute atomic E-state index is 11.9. The fourth-order valence-electron chi connectivity index (χ4n) is 1.59. The van der Waals surface area contributed by atoms with Crippen LogP contribution >= 0.6 is 23.2 Å². The van der Waals surface area contributed by atoms with Gasteiger partial charge in [-0.15, -0.1) is 0 Å². The minimum atomic E-state index is -0.169. The molecule has 0 spiro atoms. The van der Waals surface area contributed by atoms with Crippen LogP contribution in [0.25, 0.3) is 0 Å². The number of carbonyl (C=O) groups is 1. The number of likely N-dealkylation sites (N-methyl/N-ethyl adjacent to an activating group) is 1. The molecule has 2 rings (SSSR count). The Morgan fingerprint density at radius 2 is 2.00 bits per heavy atom. The maximum Gasteiger partial charge on any atom is 0.260 e. The number of rotatable bonds is 5. The molecule has 0 aliphatic carbocycles. The van der Waals surface area contributed by atoms with Gasteiger partial charge < -0.3 is 14.1 Å². The number of amides is 1. The molecule has 0 aliphatic rings. The standard InChI is InChI=1S/C14H13Cl2NO3/c1-17(8-12-3-2-4-19-12)14(18)9-20-13-6-10(15)5-11(16)7-13/h2-7H,8-9H2,1H3. The van der Waals surface area contributed by atoms with Gasteiger partial charge >= 0.3 is 0 Å². The number of nitrogens with zero attached hydrogens (tertiary/aromatic N) is 1. The summed E-state index contributed by atoms with van der Waals surface area (Å²) in [5.74, 6) is 1.01. The minimum Gasteiger partial charge on any atom is -0.484 e. The number of ether oxygens (including phenoxy) is 1. The van der Waals surface area contributed by atoms with Crippen molar-refractivity contribution in [1.82, 2.24) is 4.90 Å². The van der Waals surface area contributed by atoms with Crippen LogP contribution in [0.15, 0.2) is 41.0 Å². The molecule has 0 unspecified atom stereocenters. The third-order valence-corrected chi connectivity index (χ3v) is 3.03. The van der Waals surface area contributed by atoms with Gasteiger partial charge in [-0.2, -0.15) is 0 Å². The van der Waals surface area contributed by atoms with E-state index < -0.39 is 0 Å². The van der Waals surface area contributed by atoms with Gasteiger partial charge in [-0.1, -0.05) is 23.2 Å². The first-order valence-electron chi connectivity index (χ1n) is 5.90. The van der Waals surface area contributed by atoms with E-state index in [4.69, 9.17) is 32.4 Å². The highest BCUT2D eigenvalue weighted by molar-refractivity contribution is 6.34. The van der Waals surface area contributed by atoms with Gasteiger partial charge in [-0.05, 0) is 30.3 Å². The van der Waals surface area contributed by atoms with Crippen molar-refractivity contribution in [3.8, 4) is 5.75 Å². The Morgan fingerprint density at radius 1 is 1.30 bits per heavy atom. The second-order valence-corrected chi connectivity index (χ2v) is 5.10. The fourth-order valence-corrected chi connectivity index (χ4v) is 2.10. The van der Waals surface area contributed by atoms with Crippen LogP contribution in [0.3, 0.4) is 0 Å². The molecule has 0 saturated heterocycles. The highest BCUT2D eigenvalue weighted by atomic mass is 35.5. The number of carbonyl (C=O) groups excluding carboxylic acids is 1. The maximum atomic E-state index is 11.9. The molecule has 1 aromatic heterocycles. The van der Waals surface area contributed by atoms with Crippen molar-refractivity contribution in [2.75, 3.05) is 13.7 Å². The van der Waals surface area contributed by atoms with E-state index in [0.717, 1.165) is 0 Å². The lowest BCUT2D eigenvalue weighted by molar-refractivity contribution is -0.132. The molecule has 6 heteroatoms. The molecule has 0 aliphatic heterocycles. The summed E-state index contributed by atoms with van der Waals surface area (Å²) in [5.41, 5.74) is 0. The molecule has 0 N–H and O–H groups in total. The first-order valence-corrected chi connectivity index (χ1v) is 6.65. The molecular formula is C14H13Cl2NO3. The smallest absolute Gasteiger partial charge is 0.260 e. The fraction of sp³-hybridized carbons (Fsp3) is 0.214. The van der Waals surface area contributed by atoms with Gasteiger partial charge in [-0.25, -0.2) is 0 Å². The molecule has 1 heterocycles. The molecule has 1 amide bonds. The zero-order chi connectivity index (χ0) is 14.5. The predicted octanol–water partition coefficient (Wildman–Crippen LogP) is 3.62. The van der Waals surface area contributed by atoms with Crippen molar-refractivity contribution in [3.63, 3.8) is 0 Å². The molecule has 0 saturated carbocycles. The van der Waals surface area contributed by atoms with Crippen molar-refractivity contribution in [1.29, 1.82) is 0 Å². The van der Waals surface area contributed by atoms with E-state index in [1.54, 1.807) is 43.6 Å². The van der Waals surface area contributed by atoms with E-state index in [1.165, 1.54) is 4.90 Å². The number of halogens is 2. The Labute approximate surface area is 126 Å². The zero-order valence-corrected chi connectivity index (χ0v) is 12.3. The van der Waals surface area contributed by atoms with E-state index in [2.05, 4.69) is 0 Å². The monoisotopic (exact) mass is 313 g/mol. The Bertz CT molecular complexity index is 564. The Kier molecular flexibility index (Phi) is 4.93. The number of hydrogen-bond acceptors (Lipinski definition) is 3. The van der Waals surface area contributed by atoms with Crippen molar-refractivity contribution < 1.29 is 13.9 Å². The van der Waals surface area contributed by atoms with Gasteiger partial charge in [0.1, 0.15) is 11.5 Å². The molecule has 106 valence electrons. The summed E-state index contributed by atoms with van der Waals surface area (Å²) in [4.78, 5) is 13.4. The van der Waals surface area contributed by atoms with Crippen LogP contribution in [-0.2, 0) is 11.3 Å². The molecule has 0 atom stereocenters. The summed E-state index contributed by atoms with van der Waals surface area (Å²) < 4.78 is 10.6. The normalized spacial score (nSPS) is 10.3. The van der Waals surface area contributed by atoms with Crippen LogP contribution in [0.5, 0.6) is 5.75 Å². The highest BCUT2D eigenvalue weighted by Crippen LogP contribution is 2.24. The lowest BCUT2D eigenvalue weighted by Crippen LogP contribution is -2.30. The summed E-state index contributed by atoms with van der Waals surface area (Å²) in [6.45, 7) is 0.305. The second kappa shape index (κ2) is 6.68. The SMILES string of the molecule is CN(Cc1ccco1)C(=O)COc1cc(Cl)cc(Cl)c1. The number of hydrogen-bond donors (Lipinski definition) is 0. The molecule has 0 bridgehead atoms. The molecule has 20 heavy (non-hydrogen) atoms. The van der Waals surface area contributed by atoms with E-state index in [9.17, 15) is 4.79 Å². The summed E-state index contributed by atoms with van der Waals surface area (Å²) in [7, 11) is 1.68. The van der Waals surface area contributed by atoms with Gasteiger partial charge in [0.2, 0.25) is 0 Å². The average Bonchev–Trinajstić information content (AvgIpc) is 2.87. The van der Waals surface area contributed by atoms with E-state index >= 15 is 0 Å². The Balaban J connectivity index is 1.88. The summed E-state index contributed by atoms with van der Waals surface area (Å²) in [6.07, 6.45) is 1.57. The van der Waals surface area contributed by atoms with Gasteiger partial charge in [0.25, 0.3) is 5.91 Å². The predicted molar refractivity (Wildman–Crippen MR) is 77.1 cm³/mol. The number of benzene rings is 1. The minimum absolute atomic E-state index is 0.0894. The Morgan fingerprint density at radius 3 is 2.60 bits per heavy atom. The lowest BCUT2D eigenvalue weighted by atomic mass is 10.3. The van der Waals surface area contributed by atoms with Crippen LogP contribution in [0, 0.1) is 0 Å². The van der Waals surface area contributed by atoms with Gasteiger partial charge in [-0.3, -0.25) is 4.79 Å². The van der Waals surface area contributed by atoms with Crippen LogP contribution in [0.1, 0.15) is 5.76 Å². The topological polar surface area (TPSA) is 42.7 Å². The molecule has 0 fully saturated rings. The van der Waals surface area contributed by atoms with Gasteiger partial charge in [0.05, 0.1) is 12.8 Å². The molecule has 0 radical (unpaired) electrons. The van der Waals surface area contributed by atoms with Gasteiger partial charge in [0, 0.05) is 17.1 Å². The van der Waals surface area contributed by atoms with E-state index in [0.29, 0.717) is 28.1 Å². The van der Waals surface area contributed by atoms with Crippen molar-refractivity contribution in [2.45, 2.75) is 6.54 Å². The van der Waals surface area contributed by atoms with Crippen molar-refractivity contribution >= 4 is 29.1 Å². The van der Waals surface area contributed by atoms with Crippen LogP contribution in [-0.4, -0.2) is 24.5 Å². The molecular weight excluding hydrogens is 301 g/mol. The summed E-state index contributed by atoms with van der Waals surface area (Å²) in [5, 5.41) is 0.924. The largest absolute Gasteiger partial charge is 0.484 e. The average molecular weight is 314 g/mol. The first kappa shape index (κ1) is 14.8. The first-order chi connectivity index (χ1) is 9.54. The third-order valence-electron chi connectivity index (χ3n) is 2.60.